The van der Waals surface area contributed by atoms with E-state index in [2.05, 4.69) is 50.9 Å². The molecule has 0 radical (unpaired) electrons. The first-order chi connectivity index (χ1) is 7.60. The summed E-state index contributed by atoms with van der Waals surface area (Å²) in [6, 6.07) is 7.08. The molecule has 0 aromatic heterocycles. The first kappa shape index (κ1) is 13.4. The average molecular weight is 240 g/mol. The van der Waals surface area contributed by atoms with Crippen LogP contribution in [0.15, 0.2) is 18.2 Å². The highest BCUT2D eigenvalue weighted by molar-refractivity contribution is 6.17. The van der Waals surface area contributed by atoms with Crippen molar-refractivity contribution in [3.8, 4) is 0 Å². The lowest BCUT2D eigenvalue weighted by atomic mass is 10.1. The van der Waals surface area contributed by atoms with E-state index in [1.807, 2.05) is 0 Å². The van der Waals surface area contributed by atoms with E-state index in [0.29, 0.717) is 11.9 Å². The Morgan fingerprint density at radius 2 is 2.06 bits per heavy atom. The van der Waals surface area contributed by atoms with E-state index in [1.54, 1.807) is 0 Å². The van der Waals surface area contributed by atoms with Gasteiger partial charge in [0.1, 0.15) is 0 Å². The third kappa shape index (κ3) is 3.15. The molecule has 0 N–H and O–H groups in total. The number of halogens is 1. The molecule has 0 aliphatic heterocycles. The molecule has 1 aromatic carbocycles. The SMILES string of the molecule is CCCC(C)N(C)c1ccc(C)cc1CCl. The Morgan fingerprint density at radius 1 is 1.38 bits per heavy atom. The van der Waals surface area contributed by atoms with E-state index in [0.717, 1.165) is 0 Å². The van der Waals surface area contributed by atoms with Crippen molar-refractivity contribution in [2.45, 2.75) is 45.5 Å². The fourth-order valence-corrected chi connectivity index (χ4v) is 2.23. The van der Waals surface area contributed by atoms with Gasteiger partial charge in [0, 0.05) is 24.7 Å². The Kier molecular flexibility index (Phi) is 5.14. The van der Waals surface area contributed by atoms with Crippen LogP contribution in [-0.2, 0) is 5.88 Å². The second kappa shape index (κ2) is 6.15. The van der Waals surface area contributed by atoms with Crippen LogP contribution in [0.1, 0.15) is 37.8 Å². The maximum atomic E-state index is 6.00. The van der Waals surface area contributed by atoms with E-state index >= 15 is 0 Å². The lowest BCUT2D eigenvalue weighted by molar-refractivity contribution is 0.615. The summed E-state index contributed by atoms with van der Waals surface area (Å²) in [6.07, 6.45) is 2.43. The molecule has 0 bridgehead atoms. The number of aryl methyl sites for hydroxylation is 1. The Morgan fingerprint density at radius 3 is 2.62 bits per heavy atom. The van der Waals surface area contributed by atoms with E-state index < -0.39 is 0 Å². The van der Waals surface area contributed by atoms with Gasteiger partial charge in [0.2, 0.25) is 0 Å². The summed E-state index contributed by atoms with van der Waals surface area (Å²) in [5, 5.41) is 0. The molecule has 16 heavy (non-hydrogen) atoms. The molecule has 0 aliphatic carbocycles. The summed E-state index contributed by atoms with van der Waals surface area (Å²) in [5.74, 6) is 0.584. The van der Waals surface area contributed by atoms with Crippen LogP contribution in [-0.4, -0.2) is 13.1 Å². The van der Waals surface area contributed by atoms with Gasteiger partial charge in [-0.2, -0.15) is 0 Å². The Bertz CT molecular complexity index is 336. The van der Waals surface area contributed by atoms with Crippen molar-refractivity contribution >= 4 is 17.3 Å². The van der Waals surface area contributed by atoms with Gasteiger partial charge < -0.3 is 4.90 Å². The van der Waals surface area contributed by atoms with Gasteiger partial charge in [0.25, 0.3) is 0 Å². The highest BCUT2D eigenvalue weighted by Gasteiger charge is 2.12. The normalized spacial score (nSPS) is 12.6. The third-order valence-electron chi connectivity index (χ3n) is 3.13. The molecular weight excluding hydrogens is 218 g/mol. The predicted octanol–water partition coefficient (Wildman–Crippen LogP) is 4.36. The molecule has 0 heterocycles. The highest BCUT2D eigenvalue weighted by atomic mass is 35.5. The van der Waals surface area contributed by atoms with Gasteiger partial charge in [-0.15, -0.1) is 11.6 Å². The van der Waals surface area contributed by atoms with Crippen LogP contribution in [0.25, 0.3) is 0 Å². The van der Waals surface area contributed by atoms with Gasteiger partial charge in [-0.25, -0.2) is 0 Å². The number of alkyl halides is 1. The largest absolute Gasteiger partial charge is 0.372 e. The van der Waals surface area contributed by atoms with Gasteiger partial charge in [0.05, 0.1) is 0 Å². The molecule has 90 valence electrons. The van der Waals surface area contributed by atoms with Crippen molar-refractivity contribution in [1.29, 1.82) is 0 Å². The number of rotatable bonds is 5. The van der Waals surface area contributed by atoms with Crippen LogP contribution >= 0.6 is 11.6 Å². The molecule has 2 heteroatoms. The third-order valence-corrected chi connectivity index (χ3v) is 3.41. The molecule has 0 saturated heterocycles. The fraction of sp³-hybridized carbons (Fsp3) is 0.571. The number of hydrogen-bond donors (Lipinski definition) is 0. The lowest BCUT2D eigenvalue weighted by Gasteiger charge is -2.28. The second-order valence-electron chi connectivity index (χ2n) is 4.51. The van der Waals surface area contributed by atoms with Crippen molar-refractivity contribution in [3.63, 3.8) is 0 Å². The predicted molar refractivity (Wildman–Crippen MR) is 73.5 cm³/mol. The fourth-order valence-electron chi connectivity index (χ4n) is 2.01. The van der Waals surface area contributed by atoms with E-state index in [1.165, 1.54) is 29.7 Å². The van der Waals surface area contributed by atoms with Crippen LogP contribution in [0.5, 0.6) is 0 Å². The molecule has 1 aromatic rings. The Balaban J connectivity index is 2.93. The molecule has 0 saturated carbocycles. The van der Waals surface area contributed by atoms with Crippen LogP contribution in [0, 0.1) is 6.92 Å². The minimum atomic E-state index is 0.565. The molecule has 1 nitrogen and oxygen atoms in total. The van der Waals surface area contributed by atoms with Gasteiger partial charge in [0.15, 0.2) is 0 Å². The number of anilines is 1. The monoisotopic (exact) mass is 239 g/mol. The molecule has 0 aliphatic rings. The molecule has 1 atom stereocenters. The highest BCUT2D eigenvalue weighted by Crippen LogP contribution is 2.25. The zero-order valence-corrected chi connectivity index (χ0v) is 11.5. The zero-order valence-electron chi connectivity index (χ0n) is 10.8. The van der Waals surface area contributed by atoms with Crippen LogP contribution in [0.2, 0.25) is 0 Å². The summed E-state index contributed by atoms with van der Waals surface area (Å²) in [7, 11) is 2.15. The second-order valence-corrected chi connectivity index (χ2v) is 4.78. The van der Waals surface area contributed by atoms with E-state index in [-0.39, 0.29) is 0 Å². The van der Waals surface area contributed by atoms with E-state index in [9.17, 15) is 0 Å². The maximum absolute atomic E-state index is 6.00. The minimum Gasteiger partial charge on any atom is -0.372 e. The van der Waals surface area contributed by atoms with Gasteiger partial charge in [-0.05, 0) is 31.9 Å². The van der Waals surface area contributed by atoms with Crippen LogP contribution in [0.3, 0.4) is 0 Å². The number of hydrogen-bond acceptors (Lipinski definition) is 1. The van der Waals surface area contributed by atoms with Crippen molar-refractivity contribution in [2.75, 3.05) is 11.9 Å². The maximum Gasteiger partial charge on any atom is 0.0494 e. The average Bonchev–Trinajstić information content (AvgIpc) is 2.28. The molecule has 1 unspecified atom stereocenters. The Labute approximate surface area is 104 Å². The van der Waals surface area contributed by atoms with Gasteiger partial charge >= 0.3 is 0 Å². The van der Waals surface area contributed by atoms with Crippen molar-refractivity contribution in [2.24, 2.45) is 0 Å². The van der Waals surface area contributed by atoms with Crippen LogP contribution in [0.4, 0.5) is 5.69 Å². The van der Waals surface area contributed by atoms with Crippen molar-refractivity contribution in [3.05, 3.63) is 29.3 Å². The number of nitrogens with zero attached hydrogens (tertiary/aromatic N) is 1. The minimum absolute atomic E-state index is 0.565. The lowest BCUT2D eigenvalue weighted by Crippen LogP contribution is -2.29. The molecular formula is C14H22ClN. The van der Waals surface area contributed by atoms with Crippen molar-refractivity contribution < 1.29 is 0 Å². The van der Waals surface area contributed by atoms with Gasteiger partial charge in [-0.1, -0.05) is 31.0 Å². The molecule has 0 fully saturated rings. The number of benzene rings is 1. The quantitative estimate of drug-likeness (QED) is 0.691. The van der Waals surface area contributed by atoms with E-state index in [4.69, 9.17) is 11.6 Å². The molecule has 0 spiro atoms. The summed E-state index contributed by atoms with van der Waals surface area (Å²) in [4.78, 5) is 2.33. The first-order valence-corrected chi connectivity index (χ1v) is 6.52. The summed E-state index contributed by atoms with van der Waals surface area (Å²) in [5.41, 5.74) is 3.77. The molecule has 0 amide bonds. The summed E-state index contributed by atoms with van der Waals surface area (Å²) >= 11 is 6.00. The van der Waals surface area contributed by atoms with Gasteiger partial charge in [-0.3, -0.25) is 0 Å². The van der Waals surface area contributed by atoms with Crippen molar-refractivity contribution in [1.82, 2.24) is 0 Å². The topological polar surface area (TPSA) is 3.24 Å². The standard InChI is InChI=1S/C14H22ClN/c1-5-6-12(3)16(4)14-8-7-11(2)9-13(14)10-15/h7-9,12H,5-6,10H2,1-4H3. The molecule has 1 rings (SSSR count). The zero-order chi connectivity index (χ0) is 12.1. The summed E-state index contributed by atoms with van der Waals surface area (Å²) in [6.45, 7) is 6.60. The summed E-state index contributed by atoms with van der Waals surface area (Å²) < 4.78 is 0. The Hall–Kier alpha value is -0.690. The van der Waals surface area contributed by atoms with Crippen LogP contribution < -0.4 is 4.90 Å². The smallest absolute Gasteiger partial charge is 0.0494 e. The first-order valence-electron chi connectivity index (χ1n) is 5.98.